The molecule has 0 fully saturated rings. The van der Waals surface area contributed by atoms with Gasteiger partial charge in [-0.25, -0.2) is 4.57 Å². The maximum atomic E-state index is 4.13. The van der Waals surface area contributed by atoms with Crippen LogP contribution in [0.4, 0.5) is 0 Å². The van der Waals surface area contributed by atoms with Crippen LogP contribution in [0.25, 0.3) is 22.7 Å². The number of H-pyrrole nitrogens is 1. The first-order valence-electron chi connectivity index (χ1n) is 6.03. The minimum absolute atomic E-state index is 1.08. The molecule has 0 spiro atoms. The zero-order valence-corrected chi connectivity index (χ0v) is 11.4. The standard InChI is InChI=1S/C15H13N3S/c1-18-8-6-12(7-9-18)4-5-13-11-16-17-15(13)14-3-2-10-19-14/h2-11H,1H3/p+1. The van der Waals surface area contributed by atoms with Crippen molar-refractivity contribution in [1.82, 2.24) is 10.2 Å². The Balaban J connectivity index is 1.88. The molecule has 19 heavy (non-hydrogen) atoms. The highest BCUT2D eigenvalue weighted by molar-refractivity contribution is 7.13. The highest BCUT2D eigenvalue weighted by Gasteiger charge is 2.05. The lowest BCUT2D eigenvalue weighted by atomic mass is 10.1. The van der Waals surface area contributed by atoms with E-state index in [1.165, 1.54) is 10.4 Å². The van der Waals surface area contributed by atoms with Crippen molar-refractivity contribution in [1.29, 1.82) is 0 Å². The highest BCUT2D eigenvalue weighted by atomic mass is 32.1. The molecular weight excluding hydrogens is 254 g/mol. The van der Waals surface area contributed by atoms with Crippen LogP contribution in [-0.4, -0.2) is 10.2 Å². The molecule has 3 heterocycles. The van der Waals surface area contributed by atoms with E-state index in [4.69, 9.17) is 0 Å². The molecule has 94 valence electrons. The SMILES string of the molecule is C[n+]1ccc(/C=C/c2cn[nH]c2-c2cccs2)cc1. The summed E-state index contributed by atoms with van der Waals surface area (Å²) in [4.78, 5) is 1.21. The van der Waals surface area contributed by atoms with Crippen molar-refractivity contribution in [2.45, 2.75) is 0 Å². The number of nitrogens with zero attached hydrogens (tertiary/aromatic N) is 2. The lowest BCUT2D eigenvalue weighted by molar-refractivity contribution is -0.671. The Morgan fingerprint density at radius 2 is 2.05 bits per heavy atom. The Morgan fingerprint density at radius 1 is 1.21 bits per heavy atom. The highest BCUT2D eigenvalue weighted by Crippen LogP contribution is 2.26. The normalized spacial score (nSPS) is 11.2. The van der Waals surface area contributed by atoms with E-state index >= 15 is 0 Å². The second-order valence-corrected chi connectivity index (χ2v) is 5.26. The molecule has 0 saturated carbocycles. The van der Waals surface area contributed by atoms with Crippen molar-refractivity contribution < 1.29 is 4.57 Å². The van der Waals surface area contributed by atoms with E-state index in [1.807, 2.05) is 36.3 Å². The Kier molecular flexibility index (Phi) is 3.25. The smallest absolute Gasteiger partial charge is 0.169 e. The van der Waals surface area contributed by atoms with Gasteiger partial charge in [-0.05, 0) is 17.0 Å². The van der Waals surface area contributed by atoms with E-state index in [0.29, 0.717) is 0 Å². The number of aromatic nitrogens is 3. The number of pyridine rings is 1. The van der Waals surface area contributed by atoms with E-state index < -0.39 is 0 Å². The minimum atomic E-state index is 1.08. The Morgan fingerprint density at radius 3 is 2.79 bits per heavy atom. The summed E-state index contributed by atoms with van der Waals surface area (Å²) >= 11 is 1.71. The van der Waals surface area contributed by atoms with Crippen LogP contribution in [-0.2, 0) is 7.05 Å². The third-order valence-corrected chi connectivity index (χ3v) is 3.78. The van der Waals surface area contributed by atoms with Gasteiger partial charge in [0.25, 0.3) is 0 Å². The van der Waals surface area contributed by atoms with Gasteiger partial charge in [0.2, 0.25) is 0 Å². The molecule has 4 heteroatoms. The molecule has 3 aromatic heterocycles. The summed E-state index contributed by atoms with van der Waals surface area (Å²) in [5.74, 6) is 0. The molecule has 0 aromatic carbocycles. The van der Waals surface area contributed by atoms with Gasteiger partial charge in [-0.1, -0.05) is 18.2 Å². The topological polar surface area (TPSA) is 32.6 Å². The minimum Gasteiger partial charge on any atom is -0.276 e. The van der Waals surface area contributed by atoms with Gasteiger partial charge in [0, 0.05) is 17.7 Å². The molecule has 1 N–H and O–H groups in total. The Labute approximate surface area is 115 Å². The zero-order valence-electron chi connectivity index (χ0n) is 10.6. The lowest BCUT2D eigenvalue weighted by Crippen LogP contribution is -2.25. The van der Waals surface area contributed by atoms with E-state index in [1.54, 1.807) is 11.3 Å². The fraction of sp³-hybridized carbons (Fsp3) is 0.0667. The molecule has 3 aromatic rings. The van der Waals surface area contributed by atoms with Gasteiger partial charge >= 0.3 is 0 Å². The fourth-order valence-corrected chi connectivity index (χ4v) is 2.59. The van der Waals surface area contributed by atoms with Gasteiger partial charge in [-0.15, -0.1) is 11.3 Å². The molecule has 0 radical (unpaired) electrons. The molecule has 3 nitrogen and oxygen atoms in total. The van der Waals surface area contributed by atoms with Crippen LogP contribution in [0.5, 0.6) is 0 Å². The summed E-state index contributed by atoms with van der Waals surface area (Å²) < 4.78 is 2.02. The number of aryl methyl sites for hydroxylation is 1. The van der Waals surface area contributed by atoms with Crippen molar-refractivity contribution in [3.05, 3.63) is 59.4 Å². The molecule has 0 unspecified atom stereocenters. The largest absolute Gasteiger partial charge is 0.276 e. The number of hydrogen-bond acceptors (Lipinski definition) is 2. The van der Waals surface area contributed by atoms with Crippen molar-refractivity contribution in [2.24, 2.45) is 7.05 Å². The average molecular weight is 268 g/mol. The maximum Gasteiger partial charge on any atom is 0.169 e. The van der Waals surface area contributed by atoms with E-state index in [0.717, 1.165) is 11.3 Å². The zero-order chi connectivity index (χ0) is 13.1. The molecule has 0 amide bonds. The van der Waals surface area contributed by atoms with Gasteiger partial charge in [0.15, 0.2) is 12.4 Å². The van der Waals surface area contributed by atoms with Crippen LogP contribution in [0.15, 0.2) is 48.2 Å². The number of thiophene rings is 1. The number of aromatic amines is 1. The van der Waals surface area contributed by atoms with Crippen molar-refractivity contribution in [2.75, 3.05) is 0 Å². The average Bonchev–Trinajstić information content (AvgIpc) is 3.08. The molecule has 0 bridgehead atoms. The predicted molar refractivity (Wildman–Crippen MR) is 78.4 cm³/mol. The first-order valence-corrected chi connectivity index (χ1v) is 6.91. The quantitative estimate of drug-likeness (QED) is 0.727. The molecule has 0 aliphatic carbocycles. The Bertz CT molecular complexity index is 679. The summed E-state index contributed by atoms with van der Waals surface area (Å²) in [6.07, 6.45) is 10.1. The van der Waals surface area contributed by atoms with Crippen LogP contribution in [0.2, 0.25) is 0 Å². The molecule has 0 atom stereocenters. The maximum absolute atomic E-state index is 4.13. The van der Waals surface area contributed by atoms with Crippen molar-refractivity contribution in [3.63, 3.8) is 0 Å². The second-order valence-electron chi connectivity index (χ2n) is 4.31. The lowest BCUT2D eigenvalue weighted by Gasteiger charge is -1.95. The van der Waals surface area contributed by atoms with Gasteiger partial charge < -0.3 is 0 Å². The van der Waals surface area contributed by atoms with Gasteiger partial charge in [0.1, 0.15) is 7.05 Å². The monoisotopic (exact) mass is 268 g/mol. The van der Waals surface area contributed by atoms with Crippen LogP contribution in [0.3, 0.4) is 0 Å². The van der Waals surface area contributed by atoms with E-state index in [-0.39, 0.29) is 0 Å². The van der Waals surface area contributed by atoms with Gasteiger partial charge in [-0.3, -0.25) is 5.10 Å². The molecule has 0 aliphatic rings. The summed E-state index contributed by atoms with van der Waals surface area (Å²) in [5.41, 5.74) is 3.36. The third kappa shape index (κ3) is 2.63. The number of nitrogens with one attached hydrogen (secondary N) is 1. The van der Waals surface area contributed by atoms with Gasteiger partial charge in [0.05, 0.1) is 16.8 Å². The first-order chi connectivity index (χ1) is 9.33. The van der Waals surface area contributed by atoms with Crippen molar-refractivity contribution in [3.8, 4) is 10.6 Å². The van der Waals surface area contributed by atoms with Crippen LogP contribution in [0.1, 0.15) is 11.1 Å². The van der Waals surface area contributed by atoms with Gasteiger partial charge in [-0.2, -0.15) is 5.10 Å². The van der Waals surface area contributed by atoms with E-state index in [9.17, 15) is 0 Å². The first kappa shape index (κ1) is 11.9. The number of rotatable bonds is 3. The predicted octanol–water partition coefficient (Wildman–Crippen LogP) is 3.13. The summed E-state index contributed by atoms with van der Waals surface area (Å²) in [5, 5.41) is 9.26. The molecular formula is C15H14N3S+. The van der Waals surface area contributed by atoms with Crippen molar-refractivity contribution >= 4 is 23.5 Å². The summed E-state index contributed by atoms with van der Waals surface area (Å²) in [6.45, 7) is 0. The summed E-state index contributed by atoms with van der Waals surface area (Å²) in [7, 11) is 2.01. The molecule has 0 saturated heterocycles. The van der Waals surface area contributed by atoms with Crippen LogP contribution >= 0.6 is 11.3 Å². The van der Waals surface area contributed by atoms with Crippen LogP contribution in [0, 0.1) is 0 Å². The Hall–Kier alpha value is -2.20. The second kappa shape index (κ2) is 5.20. The van der Waals surface area contributed by atoms with Crippen LogP contribution < -0.4 is 4.57 Å². The third-order valence-electron chi connectivity index (χ3n) is 2.90. The number of hydrogen-bond donors (Lipinski definition) is 1. The molecule has 0 aliphatic heterocycles. The summed E-state index contributed by atoms with van der Waals surface area (Å²) in [6, 6.07) is 8.31. The molecule has 3 rings (SSSR count). The fourth-order valence-electron chi connectivity index (χ4n) is 1.85. The van der Waals surface area contributed by atoms with E-state index in [2.05, 4.69) is 45.9 Å².